The first-order valence-electron chi connectivity index (χ1n) is 6.39. The van der Waals surface area contributed by atoms with Gasteiger partial charge in [-0.05, 0) is 35.4 Å². The van der Waals surface area contributed by atoms with Gasteiger partial charge in [-0.25, -0.2) is 4.79 Å². The Morgan fingerprint density at radius 3 is 2.80 bits per heavy atom. The zero-order valence-electron chi connectivity index (χ0n) is 11.8. The van der Waals surface area contributed by atoms with E-state index in [1.165, 1.54) is 9.36 Å². The van der Waals surface area contributed by atoms with E-state index < -0.39 is 0 Å². The van der Waals surface area contributed by atoms with Crippen molar-refractivity contribution in [2.75, 3.05) is 0 Å². The van der Waals surface area contributed by atoms with E-state index in [2.05, 4.69) is 15.6 Å². The number of aryl methyl sites for hydroxylation is 2. The number of tetrazole rings is 1. The van der Waals surface area contributed by atoms with Crippen molar-refractivity contribution in [2.45, 2.75) is 26.9 Å². The summed E-state index contributed by atoms with van der Waals surface area (Å²) in [5.74, 6) is 0. The van der Waals surface area contributed by atoms with Crippen molar-refractivity contribution in [2.24, 2.45) is 12.2 Å². The molecule has 0 N–H and O–H groups in total. The quantitative estimate of drug-likeness (QED) is 0.604. The molecule has 0 radical (unpaired) electrons. The predicted molar refractivity (Wildman–Crippen MR) is 74.9 cm³/mol. The van der Waals surface area contributed by atoms with E-state index in [0.29, 0.717) is 5.69 Å². The van der Waals surface area contributed by atoms with Crippen LogP contribution in [-0.4, -0.2) is 26.0 Å². The molecule has 2 rings (SSSR count). The fraction of sp³-hybridized carbons (Fsp3) is 0.385. The number of oxime groups is 1. The minimum absolute atomic E-state index is 0.284. The molecule has 0 amide bonds. The van der Waals surface area contributed by atoms with E-state index in [4.69, 9.17) is 4.84 Å². The van der Waals surface area contributed by atoms with Crippen LogP contribution in [0.4, 0.5) is 0 Å². The average molecular weight is 275 g/mol. The third-order valence-corrected chi connectivity index (χ3v) is 2.97. The summed E-state index contributed by atoms with van der Waals surface area (Å²) < 4.78 is 2.46. The van der Waals surface area contributed by atoms with Crippen molar-refractivity contribution < 1.29 is 4.84 Å². The van der Waals surface area contributed by atoms with Gasteiger partial charge >= 0.3 is 5.69 Å². The molecule has 20 heavy (non-hydrogen) atoms. The highest BCUT2D eigenvalue weighted by Crippen LogP contribution is 2.19. The highest BCUT2D eigenvalue weighted by molar-refractivity contribution is 5.52. The van der Waals surface area contributed by atoms with Crippen molar-refractivity contribution >= 4 is 6.21 Å². The fourth-order valence-electron chi connectivity index (χ4n) is 1.96. The SMILES string of the molecule is CC=NOCc1c(CC)cccc1-n1nnn(C)c1=O. The van der Waals surface area contributed by atoms with Gasteiger partial charge in [0.1, 0.15) is 6.61 Å². The van der Waals surface area contributed by atoms with E-state index in [9.17, 15) is 4.79 Å². The summed E-state index contributed by atoms with van der Waals surface area (Å²) in [6, 6.07) is 5.71. The first-order chi connectivity index (χ1) is 9.69. The van der Waals surface area contributed by atoms with Gasteiger partial charge in [0.15, 0.2) is 0 Å². The highest BCUT2D eigenvalue weighted by Gasteiger charge is 2.14. The second kappa shape index (κ2) is 6.14. The second-order valence-electron chi connectivity index (χ2n) is 4.20. The summed E-state index contributed by atoms with van der Waals surface area (Å²) in [5, 5.41) is 11.4. The van der Waals surface area contributed by atoms with Gasteiger partial charge in [0, 0.05) is 18.8 Å². The normalized spacial score (nSPS) is 11.2. The molecule has 0 aliphatic carbocycles. The van der Waals surface area contributed by atoms with E-state index in [1.807, 2.05) is 25.1 Å². The van der Waals surface area contributed by atoms with Crippen molar-refractivity contribution in [3.8, 4) is 5.69 Å². The Morgan fingerprint density at radius 1 is 1.40 bits per heavy atom. The molecule has 0 saturated carbocycles. The first kappa shape index (κ1) is 14.0. The van der Waals surface area contributed by atoms with E-state index in [0.717, 1.165) is 17.5 Å². The van der Waals surface area contributed by atoms with Crippen molar-refractivity contribution in [3.05, 3.63) is 39.8 Å². The van der Waals surface area contributed by atoms with E-state index in [1.54, 1.807) is 20.2 Å². The smallest absolute Gasteiger partial charge is 0.368 e. The van der Waals surface area contributed by atoms with Crippen LogP contribution in [0.15, 0.2) is 28.1 Å². The monoisotopic (exact) mass is 275 g/mol. The molecule has 2 aromatic rings. The zero-order valence-corrected chi connectivity index (χ0v) is 11.8. The third-order valence-electron chi connectivity index (χ3n) is 2.97. The Balaban J connectivity index is 2.51. The molecular formula is C13H17N5O2. The molecule has 1 aromatic heterocycles. The van der Waals surface area contributed by atoms with Crippen LogP contribution in [0.2, 0.25) is 0 Å². The molecule has 0 aliphatic rings. The molecule has 106 valence electrons. The van der Waals surface area contributed by atoms with Crippen LogP contribution in [0.5, 0.6) is 0 Å². The molecule has 1 aromatic carbocycles. The summed E-state index contributed by atoms with van der Waals surface area (Å²) in [6.07, 6.45) is 2.40. The maximum absolute atomic E-state index is 12.0. The molecule has 0 spiro atoms. The first-order valence-corrected chi connectivity index (χ1v) is 6.39. The van der Waals surface area contributed by atoms with Crippen LogP contribution in [0.1, 0.15) is 25.0 Å². The van der Waals surface area contributed by atoms with Gasteiger partial charge in [-0.3, -0.25) is 0 Å². The molecule has 0 fully saturated rings. The van der Waals surface area contributed by atoms with Gasteiger partial charge in [0.2, 0.25) is 0 Å². The van der Waals surface area contributed by atoms with Crippen LogP contribution in [-0.2, 0) is 24.9 Å². The zero-order chi connectivity index (χ0) is 14.5. The Bertz CT molecular complexity index is 672. The van der Waals surface area contributed by atoms with Crippen molar-refractivity contribution in [3.63, 3.8) is 0 Å². The molecule has 0 atom stereocenters. The Morgan fingerprint density at radius 2 is 2.20 bits per heavy atom. The van der Waals surface area contributed by atoms with Crippen molar-refractivity contribution in [1.29, 1.82) is 0 Å². The molecule has 0 saturated heterocycles. The lowest BCUT2D eigenvalue weighted by atomic mass is 10.0. The Hall–Kier alpha value is -2.44. The lowest BCUT2D eigenvalue weighted by Gasteiger charge is -2.11. The van der Waals surface area contributed by atoms with Crippen LogP contribution in [0, 0.1) is 0 Å². The van der Waals surface area contributed by atoms with Crippen LogP contribution < -0.4 is 5.69 Å². The number of aromatic nitrogens is 4. The van der Waals surface area contributed by atoms with Gasteiger partial charge in [-0.2, -0.15) is 9.36 Å². The molecule has 0 unspecified atom stereocenters. The van der Waals surface area contributed by atoms with Gasteiger partial charge in [0.05, 0.1) is 5.69 Å². The van der Waals surface area contributed by atoms with Gasteiger partial charge in [-0.1, -0.05) is 24.2 Å². The standard InChI is InChI=1S/C13H17N5O2/c1-4-10-7-6-8-12(11(10)9-20-14-5-2)18-13(19)17(3)15-16-18/h5-8H,4,9H2,1-3H3. The number of nitrogens with zero attached hydrogens (tertiary/aromatic N) is 5. The Labute approximate surface area is 116 Å². The molecule has 7 heteroatoms. The lowest BCUT2D eigenvalue weighted by molar-refractivity contribution is 0.131. The summed E-state index contributed by atoms with van der Waals surface area (Å²) in [7, 11) is 1.56. The predicted octanol–water partition coefficient (Wildman–Crippen LogP) is 1.05. The molecule has 0 aliphatic heterocycles. The maximum Gasteiger partial charge on any atom is 0.368 e. The minimum atomic E-state index is -0.293. The largest absolute Gasteiger partial charge is 0.391 e. The second-order valence-corrected chi connectivity index (χ2v) is 4.20. The molecule has 7 nitrogen and oxygen atoms in total. The lowest BCUT2D eigenvalue weighted by Crippen LogP contribution is -2.23. The maximum atomic E-state index is 12.0. The van der Waals surface area contributed by atoms with Crippen LogP contribution >= 0.6 is 0 Å². The third kappa shape index (κ3) is 2.61. The minimum Gasteiger partial charge on any atom is -0.391 e. The van der Waals surface area contributed by atoms with Gasteiger partial charge in [0.25, 0.3) is 0 Å². The van der Waals surface area contributed by atoms with Gasteiger partial charge < -0.3 is 4.84 Å². The van der Waals surface area contributed by atoms with Crippen molar-refractivity contribution in [1.82, 2.24) is 19.8 Å². The summed E-state index contributed by atoms with van der Waals surface area (Å²) in [6.45, 7) is 4.11. The topological polar surface area (TPSA) is 74.3 Å². The van der Waals surface area contributed by atoms with Crippen LogP contribution in [0.25, 0.3) is 5.69 Å². The van der Waals surface area contributed by atoms with Crippen LogP contribution in [0.3, 0.4) is 0 Å². The number of benzene rings is 1. The summed E-state index contributed by atoms with van der Waals surface area (Å²) in [5.41, 5.74) is 2.36. The molecule has 1 heterocycles. The average Bonchev–Trinajstić information content (AvgIpc) is 2.79. The number of rotatable bonds is 5. The summed E-state index contributed by atoms with van der Waals surface area (Å²) in [4.78, 5) is 17.2. The number of hydrogen-bond acceptors (Lipinski definition) is 5. The number of hydrogen-bond donors (Lipinski definition) is 0. The fourth-order valence-corrected chi connectivity index (χ4v) is 1.96. The summed E-state index contributed by atoms with van der Waals surface area (Å²) >= 11 is 0. The van der Waals surface area contributed by atoms with E-state index in [-0.39, 0.29) is 12.3 Å². The Kier molecular flexibility index (Phi) is 4.29. The molecule has 0 bridgehead atoms. The van der Waals surface area contributed by atoms with E-state index >= 15 is 0 Å². The van der Waals surface area contributed by atoms with Gasteiger partial charge in [-0.15, -0.1) is 0 Å². The molecular weight excluding hydrogens is 258 g/mol. The highest BCUT2D eigenvalue weighted by atomic mass is 16.6.